The van der Waals surface area contributed by atoms with Crippen molar-refractivity contribution < 1.29 is 13.5 Å². The molecular weight excluding hydrogens is 240 g/mol. The second-order valence-electron chi connectivity index (χ2n) is 5.04. The Balaban J connectivity index is 2.39. The Labute approximate surface area is 106 Å². The lowest BCUT2D eigenvalue weighted by molar-refractivity contribution is 0.0664. The van der Waals surface area contributed by atoms with Crippen LogP contribution in [-0.2, 0) is 11.3 Å². The summed E-state index contributed by atoms with van der Waals surface area (Å²) >= 11 is 0. The molecule has 0 atom stereocenters. The lowest BCUT2D eigenvalue weighted by atomic mass is 9.90. The van der Waals surface area contributed by atoms with E-state index in [2.05, 4.69) is 24.1 Å². The van der Waals surface area contributed by atoms with Crippen LogP contribution in [0.2, 0.25) is 0 Å². The molecule has 0 aliphatic heterocycles. The van der Waals surface area contributed by atoms with Crippen LogP contribution in [-0.4, -0.2) is 29.8 Å². The molecule has 4 nitrogen and oxygen atoms in total. The topological polar surface area (TPSA) is 39.1 Å². The average molecular weight is 261 g/mol. The van der Waals surface area contributed by atoms with Gasteiger partial charge in [-0.25, -0.2) is 4.98 Å². The van der Waals surface area contributed by atoms with Gasteiger partial charge in [-0.1, -0.05) is 13.8 Å². The Bertz CT molecular complexity index is 353. The molecule has 1 aromatic heterocycles. The normalized spacial score (nSPS) is 12.3. The van der Waals surface area contributed by atoms with Crippen molar-refractivity contribution in [2.24, 2.45) is 5.41 Å². The molecule has 18 heavy (non-hydrogen) atoms. The molecule has 0 saturated heterocycles. The highest BCUT2D eigenvalue weighted by Crippen LogP contribution is 2.19. The second kappa shape index (κ2) is 6.80. The van der Waals surface area contributed by atoms with Gasteiger partial charge in [-0.05, 0) is 11.8 Å². The molecular formula is C12H21F2N3O. The monoisotopic (exact) mass is 261 g/mol. The molecule has 0 aliphatic rings. The molecule has 1 aromatic rings. The zero-order valence-electron chi connectivity index (χ0n) is 11.1. The number of aromatic nitrogens is 2. The number of ether oxygens (including phenoxy) is 1. The number of hydrogen-bond acceptors (Lipinski definition) is 3. The quantitative estimate of drug-likeness (QED) is 0.781. The molecule has 0 amide bonds. The molecule has 0 bridgehead atoms. The van der Waals surface area contributed by atoms with E-state index in [9.17, 15) is 8.78 Å². The summed E-state index contributed by atoms with van der Waals surface area (Å²) in [6.45, 7) is 3.45. The number of hydrogen-bond donors (Lipinski definition) is 1. The fourth-order valence-electron chi connectivity index (χ4n) is 1.64. The first kappa shape index (κ1) is 15.0. The van der Waals surface area contributed by atoms with Gasteiger partial charge in [0.25, 0.3) is 0 Å². The van der Waals surface area contributed by atoms with Gasteiger partial charge in [-0.2, -0.15) is 8.78 Å². The van der Waals surface area contributed by atoms with Gasteiger partial charge in [-0.15, -0.1) is 0 Å². The molecule has 0 fully saturated rings. The van der Waals surface area contributed by atoms with E-state index in [1.54, 1.807) is 7.11 Å². The first-order valence-corrected chi connectivity index (χ1v) is 5.96. The van der Waals surface area contributed by atoms with E-state index < -0.39 is 6.55 Å². The molecule has 104 valence electrons. The van der Waals surface area contributed by atoms with Crippen LogP contribution in [0, 0.1) is 5.41 Å². The largest absolute Gasteiger partial charge is 0.385 e. The van der Waals surface area contributed by atoms with Gasteiger partial charge in [0, 0.05) is 32.7 Å². The van der Waals surface area contributed by atoms with Crippen molar-refractivity contribution >= 4 is 0 Å². The summed E-state index contributed by atoms with van der Waals surface area (Å²) < 4.78 is 31.0. The molecule has 0 saturated carbocycles. The predicted molar refractivity (Wildman–Crippen MR) is 65.5 cm³/mol. The number of alkyl halides is 2. The van der Waals surface area contributed by atoms with Gasteiger partial charge in [0.1, 0.15) is 5.82 Å². The lowest BCUT2D eigenvalue weighted by Gasteiger charge is -2.24. The van der Waals surface area contributed by atoms with E-state index in [1.165, 1.54) is 12.4 Å². The number of nitrogens with zero attached hydrogens (tertiary/aromatic N) is 2. The summed E-state index contributed by atoms with van der Waals surface area (Å²) in [4.78, 5) is 3.91. The summed E-state index contributed by atoms with van der Waals surface area (Å²) in [6.07, 6.45) is 3.59. The van der Waals surface area contributed by atoms with Crippen molar-refractivity contribution in [3.8, 4) is 0 Å². The number of halogens is 2. The van der Waals surface area contributed by atoms with Gasteiger partial charge in [-0.3, -0.25) is 4.57 Å². The summed E-state index contributed by atoms with van der Waals surface area (Å²) in [7, 11) is 1.67. The van der Waals surface area contributed by atoms with Crippen molar-refractivity contribution in [1.29, 1.82) is 0 Å². The Morgan fingerprint density at radius 1 is 1.50 bits per heavy atom. The summed E-state index contributed by atoms with van der Waals surface area (Å²) in [5.41, 5.74) is 0.0677. The summed E-state index contributed by atoms with van der Waals surface area (Å²) in [5, 5.41) is 3.16. The van der Waals surface area contributed by atoms with Gasteiger partial charge in [0.15, 0.2) is 0 Å². The van der Waals surface area contributed by atoms with Crippen LogP contribution < -0.4 is 5.32 Å². The molecule has 0 spiro atoms. The third-order valence-corrected chi connectivity index (χ3v) is 2.83. The Kier molecular flexibility index (Phi) is 5.68. The van der Waals surface area contributed by atoms with Gasteiger partial charge in [0.2, 0.25) is 0 Å². The number of imidazole rings is 1. The van der Waals surface area contributed by atoms with Crippen LogP contribution >= 0.6 is 0 Å². The van der Waals surface area contributed by atoms with Crippen LogP contribution in [0.3, 0.4) is 0 Å². The lowest BCUT2D eigenvalue weighted by Crippen LogP contribution is -2.31. The Morgan fingerprint density at radius 2 is 2.22 bits per heavy atom. The van der Waals surface area contributed by atoms with E-state index in [0.29, 0.717) is 19.0 Å². The molecule has 1 rings (SSSR count). The van der Waals surface area contributed by atoms with Crippen LogP contribution in [0.25, 0.3) is 0 Å². The number of methoxy groups -OCH3 is 1. The predicted octanol–water partition coefficient (Wildman–Crippen LogP) is 2.43. The maximum absolute atomic E-state index is 12.6. The van der Waals surface area contributed by atoms with Crippen molar-refractivity contribution in [1.82, 2.24) is 14.9 Å². The van der Waals surface area contributed by atoms with Gasteiger partial charge in [0.05, 0.1) is 6.54 Å². The Morgan fingerprint density at radius 3 is 2.83 bits per heavy atom. The molecule has 0 aliphatic carbocycles. The van der Waals surface area contributed by atoms with Crippen molar-refractivity contribution in [3.05, 3.63) is 18.2 Å². The standard InChI is InChI=1S/C12H21F2N3O/c1-12(2,4-7-18-3)9-15-8-10-16-5-6-17(10)11(13)14/h5-6,11,15H,4,7-9H2,1-3H3. The first-order chi connectivity index (χ1) is 8.46. The first-order valence-electron chi connectivity index (χ1n) is 5.96. The highest BCUT2D eigenvalue weighted by Gasteiger charge is 2.18. The van der Waals surface area contributed by atoms with E-state index in [0.717, 1.165) is 17.5 Å². The fraction of sp³-hybridized carbons (Fsp3) is 0.750. The highest BCUT2D eigenvalue weighted by atomic mass is 19.3. The van der Waals surface area contributed by atoms with E-state index >= 15 is 0 Å². The average Bonchev–Trinajstić information content (AvgIpc) is 2.74. The molecule has 0 aromatic carbocycles. The second-order valence-corrected chi connectivity index (χ2v) is 5.04. The number of nitrogens with one attached hydrogen (secondary N) is 1. The van der Waals surface area contributed by atoms with Crippen LogP contribution in [0.5, 0.6) is 0 Å². The molecule has 0 radical (unpaired) electrons. The van der Waals surface area contributed by atoms with Crippen molar-refractivity contribution in [3.63, 3.8) is 0 Å². The van der Waals surface area contributed by atoms with Crippen molar-refractivity contribution in [2.75, 3.05) is 20.3 Å². The minimum atomic E-state index is -2.54. The van der Waals surface area contributed by atoms with E-state index in [-0.39, 0.29) is 5.41 Å². The third-order valence-electron chi connectivity index (χ3n) is 2.83. The van der Waals surface area contributed by atoms with Crippen molar-refractivity contribution in [2.45, 2.75) is 33.4 Å². The maximum Gasteiger partial charge on any atom is 0.319 e. The third kappa shape index (κ3) is 4.70. The summed E-state index contributed by atoms with van der Waals surface area (Å²) in [5.74, 6) is 0.354. The summed E-state index contributed by atoms with van der Waals surface area (Å²) in [6, 6.07) is 0. The molecule has 1 heterocycles. The maximum atomic E-state index is 12.6. The SMILES string of the molecule is COCCC(C)(C)CNCc1nccn1C(F)F. The molecule has 0 unspecified atom stereocenters. The minimum Gasteiger partial charge on any atom is -0.385 e. The zero-order valence-corrected chi connectivity index (χ0v) is 11.1. The highest BCUT2D eigenvalue weighted by molar-refractivity contribution is 4.92. The van der Waals surface area contributed by atoms with Crippen LogP contribution in [0.15, 0.2) is 12.4 Å². The smallest absolute Gasteiger partial charge is 0.319 e. The zero-order chi connectivity index (χ0) is 13.6. The van der Waals surface area contributed by atoms with E-state index in [4.69, 9.17) is 4.74 Å². The number of rotatable bonds is 8. The molecule has 6 heteroatoms. The fourth-order valence-corrected chi connectivity index (χ4v) is 1.64. The minimum absolute atomic E-state index is 0.0677. The van der Waals surface area contributed by atoms with Crippen LogP contribution in [0.4, 0.5) is 8.78 Å². The van der Waals surface area contributed by atoms with Crippen LogP contribution in [0.1, 0.15) is 32.6 Å². The van der Waals surface area contributed by atoms with E-state index in [1.807, 2.05) is 0 Å². The Hall–Kier alpha value is -1.01. The molecule has 1 N–H and O–H groups in total. The van der Waals surface area contributed by atoms with Gasteiger partial charge < -0.3 is 10.1 Å². The van der Waals surface area contributed by atoms with Gasteiger partial charge >= 0.3 is 6.55 Å².